The summed E-state index contributed by atoms with van der Waals surface area (Å²) in [5.41, 5.74) is -2.22. The summed E-state index contributed by atoms with van der Waals surface area (Å²) in [5, 5.41) is 7.50. The molecule has 0 bridgehead atoms. The first-order chi connectivity index (χ1) is 23.9. The fourth-order valence-electron chi connectivity index (χ4n) is 6.11. The second-order valence-corrected chi connectivity index (χ2v) is 16.0. The number of ether oxygens (including phenoxy) is 2. The first-order valence-corrected chi connectivity index (χ1v) is 18.2. The molecule has 51 heavy (non-hydrogen) atoms. The fourth-order valence-corrected chi connectivity index (χ4v) is 6.91. The van der Waals surface area contributed by atoms with Crippen LogP contribution in [-0.2, 0) is 4.74 Å². The average molecular weight is 752 g/mol. The van der Waals surface area contributed by atoms with Crippen LogP contribution in [0.5, 0.6) is 5.88 Å². The zero-order valence-corrected chi connectivity index (χ0v) is 31.1. The summed E-state index contributed by atoms with van der Waals surface area (Å²) in [4.78, 5) is 36.8. The molecule has 11 nitrogen and oxygen atoms in total. The van der Waals surface area contributed by atoms with Crippen LogP contribution in [0.25, 0.3) is 5.82 Å². The number of alkyl halides is 3. The number of halogens is 4. The average Bonchev–Trinajstić information content (AvgIpc) is 3.59. The third kappa shape index (κ3) is 10.2. The second-order valence-electron chi connectivity index (χ2n) is 14.8. The van der Waals surface area contributed by atoms with E-state index < -0.39 is 23.1 Å². The van der Waals surface area contributed by atoms with E-state index >= 15 is 0 Å². The second kappa shape index (κ2) is 15.5. The number of hydrogen-bond donors (Lipinski definition) is 2. The lowest BCUT2D eigenvalue weighted by Gasteiger charge is -2.33. The van der Waals surface area contributed by atoms with Crippen LogP contribution < -0.4 is 14.8 Å². The van der Waals surface area contributed by atoms with E-state index in [1.807, 2.05) is 37.8 Å². The Morgan fingerprint density at radius 2 is 1.86 bits per heavy atom. The molecular weight excluding hydrogens is 707 g/mol. The molecule has 4 heterocycles. The number of likely N-dealkylation sites (tertiary alicyclic amines) is 1. The SMILES string of the molecule is CC(C)(C)OC(=O)N1CC(CCCCNc2ccc(SNC(=O)c3ccc(-n4ccc(OCCC5(C(F)(F)F)CC5)n4)nc3Cl)cn2)CC1(C)C. The molecule has 3 aromatic heterocycles. The van der Waals surface area contributed by atoms with Crippen LogP contribution in [0.15, 0.2) is 47.6 Å². The van der Waals surface area contributed by atoms with E-state index in [0.29, 0.717) is 18.3 Å². The molecule has 1 aliphatic carbocycles. The Morgan fingerprint density at radius 1 is 1.10 bits per heavy atom. The van der Waals surface area contributed by atoms with Crippen molar-refractivity contribution in [1.82, 2.24) is 29.4 Å². The summed E-state index contributed by atoms with van der Waals surface area (Å²) < 4.78 is 54.6. The van der Waals surface area contributed by atoms with Crippen LogP contribution in [0.4, 0.5) is 23.8 Å². The number of nitrogens with zero attached hydrogens (tertiary/aromatic N) is 5. The quantitative estimate of drug-likeness (QED) is 0.0949. The molecule has 1 saturated heterocycles. The minimum Gasteiger partial charge on any atom is -0.477 e. The largest absolute Gasteiger partial charge is 0.477 e. The Morgan fingerprint density at radius 3 is 2.51 bits per heavy atom. The molecule has 2 fully saturated rings. The van der Waals surface area contributed by atoms with E-state index in [4.69, 9.17) is 21.1 Å². The van der Waals surface area contributed by atoms with Crippen molar-refractivity contribution in [3.63, 3.8) is 0 Å². The number of pyridine rings is 2. The van der Waals surface area contributed by atoms with Crippen LogP contribution in [0.2, 0.25) is 5.15 Å². The van der Waals surface area contributed by atoms with E-state index in [0.717, 1.165) is 54.9 Å². The monoisotopic (exact) mass is 751 g/mol. The molecule has 1 saturated carbocycles. The van der Waals surface area contributed by atoms with Gasteiger partial charge in [-0.3, -0.25) is 9.52 Å². The highest BCUT2D eigenvalue weighted by Crippen LogP contribution is 2.59. The van der Waals surface area contributed by atoms with Crippen molar-refractivity contribution in [2.24, 2.45) is 11.3 Å². The van der Waals surface area contributed by atoms with Crippen LogP contribution in [-0.4, -0.2) is 73.7 Å². The number of carbonyl (C=O) groups is 2. The summed E-state index contributed by atoms with van der Waals surface area (Å²) in [6.45, 7) is 11.2. The lowest BCUT2D eigenvalue weighted by atomic mass is 9.93. The summed E-state index contributed by atoms with van der Waals surface area (Å²) in [7, 11) is 0. The Bertz CT molecular complexity index is 1680. The van der Waals surface area contributed by atoms with Crippen molar-refractivity contribution in [3.05, 3.63) is 53.4 Å². The van der Waals surface area contributed by atoms with E-state index in [9.17, 15) is 22.8 Å². The molecule has 0 spiro atoms. The minimum absolute atomic E-state index is 0.0425. The predicted molar refractivity (Wildman–Crippen MR) is 189 cm³/mol. The molecule has 2 aliphatic rings. The lowest BCUT2D eigenvalue weighted by molar-refractivity contribution is -0.190. The van der Waals surface area contributed by atoms with E-state index in [1.165, 1.54) is 16.8 Å². The molecule has 0 radical (unpaired) electrons. The third-order valence-corrected chi connectivity index (χ3v) is 10.1. The van der Waals surface area contributed by atoms with E-state index in [2.05, 4.69) is 39.0 Å². The van der Waals surface area contributed by atoms with Crippen molar-refractivity contribution in [3.8, 4) is 11.7 Å². The van der Waals surface area contributed by atoms with Crippen molar-refractivity contribution in [1.29, 1.82) is 0 Å². The van der Waals surface area contributed by atoms with Crippen LogP contribution in [0, 0.1) is 11.3 Å². The normalized spacial score (nSPS) is 18.0. The molecule has 1 aliphatic heterocycles. The summed E-state index contributed by atoms with van der Waals surface area (Å²) in [6.07, 6.45) is 2.84. The minimum atomic E-state index is -4.23. The highest BCUT2D eigenvalue weighted by Gasteiger charge is 2.62. The molecule has 278 valence electrons. The van der Waals surface area contributed by atoms with Gasteiger partial charge in [-0.05, 0) is 115 Å². The van der Waals surface area contributed by atoms with Gasteiger partial charge in [-0.2, -0.15) is 13.2 Å². The van der Waals surface area contributed by atoms with Gasteiger partial charge in [0, 0.05) is 42.0 Å². The van der Waals surface area contributed by atoms with Gasteiger partial charge in [0.25, 0.3) is 5.91 Å². The van der Waals surface area contributed by atoms with E-state index in [-0.39, 0.29) is 54.1 Å². The summed E-state index contributed by atoms with van der Waals surface area (Å²) in [5.74, 6) is 1.20. The third-order valence-electron chi connectivity index (χ3n) is 9.08. The van der Waals surface area contributed by atoms with Crippen molar-refractivity contribution in [2.45, 2.75) is 102 Å². The lowest BCUT2D eigenvalue weighted by Crippen LogP contribution is -2.45. The molecule has 1 atom stereocenters. The zero-order valence-electron chi connectivity index (χ0n) is 29.5. The maximum absolute atomic E-state index is 13.1. The van der Waals surface area contributed by atoms with Crippen LogP contribution in [0.1, 0.15) is 89.9 Å². The van der Waals surface area contributed by atoms with Gasteiger partial charge in [-0.25, -0.2) is 19.4 Å². The number of unbranched alkanes of at least 4 members (excludes halogenated alkanes) is 1. The number of rotatable bonds is 14. The van der Waals surface area contributed by atoms with Gasteiger partial charge in [0.05, 0.1) is 17.6 Å². The molecule has 1 unspecified atom stereocenters. The Labute approximate surface area is 305 Å². The Kier molecular flexibility index (Phi) is 11.7. The van der Waals surface area contributed by atoms with Gasteiger partial charge in [0.2, 0.25) is 5.88 Å². The van der Waals surface area contributed by atoms with Gasteiger partial charge in [0.15, 0.2) is 5.82 Å². The number of anilines is 1. The molecule has 2 N–H and O–H groups in total. The fraction of sp³-hybridized carbons (Fsp3) is 0.571. The van der Waals surface area contributed by atoms with Crippen LogP contribution in [0.3, 0.4) is 0 Å². The number of amides is 2. The van der Waals surface area contributed by atoms with Crippen molar-refractivity contribution in [2.75, 3.05) is 25.0 Å². The van der Waals surface area contributed by atoms with Gasteiger partial charge < -0.3 is 19.7 Å². The number of carbonyl (C=O) groups excluding carboxylic acids is 2. The van der Waals surface area contributed by atoms with Gasteiger partial charge in [-0.1, -0.05) is 18.0 Å². The highest BCUT2D eigenvalue weighted by atomic mass is 35.5. The number of aromatic nitrogens is 4. The molecular formula is C35H45ClF3N7O4S. The molecule has 16 heteroatoms. The van der Waals surface area contributed by atoms with Gasteiger partial charge in [0.1, 0.15) is 16.6 Å². The van der Waals surface area contributed by atoms with E-state index in [1.54, 1.807) is 18.5 Å². The Balaban J connectivity index is 1.00. The molecule has 2 amide bonds. The van der Waals surface area contributed by atoms with Gasteiger partial charge >= 0.3 is 12.3 Å². The van der Waals surface area contributed by atoms with Crippen molar-refractivity contribution >= 4 is 41.4 Å². The first-order valence-electron chi connectivity index (χ1n) is 17.0. The Hall–Kier alpha value is -3.72. The topological polar surface area (TPSA) is 124 Å². The highest BCUT2D eigenvalue weighted by molar-refractivity contribution is 7.98. The summed E-state index contributed by atoms with van der Waals surface area (Å²) in [6, 6.07) is 8.29. The number of hydrogen-bond acceptors (Lipinski definition) is 9. The van der Waals surface area contributed by atoms with Crippen molar-refractivity contribution < 1.29 is 32.2 Å². The maximum Gasteiger partial charge on any atom is 0.410 e. The molecule has 3 aromatic rings. The predicted octanol–water partition coefficient (Wildman–Crippen LogP) is 8.48. The van der Waals surface area contributed by atoms with Gasteiger partial charge in [-0.15, -0.1) is 5.10 Å². The smallest absolute Gasteiger partial charge is 0.410 e. The maximum atomic E-state index is 13.1. The zero-order chi connectivity index (χ0) is 37.0. The summed E-state index contributed by atoms with van der Waals surface area (Å²) >= 11 is 7.42. The van der Waals surface area contributed by atoms with Crippen LogP contribution >= 0.6 is 23.5 Å². The first kappa shape index (κ1) is 38.5. The number of nitrogens with one attached hydrogen (secondary N) is 2. The molecule has 0 aromatic carbocycles. The standard InChI is InChI=1S/C35H45ClF3N7O4S/c1-32(2,3)50-31(48)45-22-23(20-33(45,4)5)8-6-7-17-40-26-11-9-24(21-41-26)51-44-30(47)25-10-12-27(42-29(25)36)46-18-13-28(43-46)49-19-16-34(14-15-34)35(37,38)39/h9-13,18,21,23H,6-8,14-17,19-20,22H2,1-5H3,(H,40,41)(H,44,47). The molecule has 5 rings (SSSR count).